The summed E-state index contributed by atoms with van der Waals surface area (Å²) in [6.07, 6.45) is 8.04. The number of hydrogen-bond acceptors (Lipinski definition) is 3. The highest BCUT2D eigenvalue weighted by Gasteiger charge is 2.25. The molecule has 2 aliphatic rings. The van der Waals surface area contributed by atoms with E-state index >= 15 is 0 Å². The number of rotatable bonds is 5. The molecular weight excluding hydrogens is 216 g/mol. The lowest BCUT2D eigenvalue weighted by atomic mass is 10.2. The Kier molecular flexibility index (Phi) is 2.84. The van der Waals surface area contributed by atoms with Crippen molar-refractivity contribution in [2.24, 2.45) is 0 Å². The summed E-state index contributed by atoms with van der Waals surface area (Å²) in [6.45, 7) is 1.68. The summed E-state index contributed by atoms with van der Waals surface area (Å²) in [5.74, 6) is 0.180. The molecule has 3 rings (SSSR count). The maximum Gasteiger partial charge on any atom is 0.220 e. The lowest BCUT2D eigenvalue weighted by Gasteiger charge is -2.12. The van der Waals surface area contributed by atoms with E-state index in [1.807, 2.05) is 12.5 Å². The Morgan fingerprint density at radius 2 is 2.35 bits per heavy atom. The molecule has 1 aliphatic heterocycles. The average Bonchev–Trinajstić information content (AvgIpc) is 2.92. The molecule has 0 aromatic carbocycles. The molecule has 5 heteroatoms. The smallest absolute Gasteiger partial charge is 0.220 e. The Labute approximate surface area is 101 Å². The predicted molar refractivity (Wildman–Crippen MR) is 63.4 cm³/mol. The van der Waals surface area contributed by atoms with Gasteiger partial charge in [0.05, 0.1) is 12.0 Å². The second-order valence-corrected chi connectivity index (χ2v) is 4.96. The van der Waals surface area contributed by atoms with Gasteiger partial charge in [-0.15, -0.1) is 0 Å². The highest BCUT2D eigenvalue weighted by molar-refractivity contribution is 5.78. The van der Waals surface area contributed by atoms with Crippen molar-refractivity contribution in [2.75, 3.05) is 6.54 Å². The van der Waals surface area contributed by atoms with Crippen LogP contribution in [-0.2, 0) is 11.3 Å². The van der Waals surface area contributed by atoms with Gasteiger partial charge < -0.3 is 15.2 Å². The van der Waals surface area contributed by atoms with Gasteiger partial charge in [-0.2, -0.15) is 0 Å². The molecule has 2 fully saturated rings. The van der Waals surface area contributed by atoms with Crippen molar-refractivity contribution in [3.8, 4) is 0 Å². The molecule has 0 radical (unpaired) electrons. The van der Waals surface area contributed by atoms with E-state index in [0.29, 0.717) is 18.5 Å². The van der Waals surface area contributed by atoms with Crippen LogP contribution in [0.3, 0.4) is 0 Å². The second-order valence-electron chi connectivity index (χ2n) is 4.96. The van der Waals surface area contributed by atoms with Crippen LogP contribution in [0, 0.1) is 0 Å². The number of nitrogens with zero attached hydrogens (tertiary/aromatic N) is 2. The molecule has 1 aliphatic carbocycles. The molecule has 2 heterocycles. The van der Waals surface area contributed by atoms with E-state index in [-0.39, 0.29) is 5.91 Å². The summed E-state index contributed by atoms with van der Waals surface area (Å²) in [6, 6.07) is 0.986. The summed E-state index contributed by atoms with van der Waals surface area (Å²) in [5.41, 5.74) is 1.25. The summed E-state index contributed by atoms with van der Waals surface area (Å²) in [4.78, 5) is 15.2. The molecule has 1 aromatic rings. The first kappa shape index (κ1) is 10.8. The van der Waals surface area contributed by atoms with Gasteiger partial charge in [-0.05, 0) is 19.3 Å². The monoisotopic (exact) mass is 234 g/mol. The van der Waals surface area contributed by atoms with Crippen LogP contribution in [0.4, 0.5) is 0 Å². The lowest BCUT2D eigenvalue weighted by Crippen LogP contribution is -2.35. The highest BCUT2D eigenvalue weighted by atomic mass is 16.1. The van der Waals surface area contributed by atoms with Crippen LogP contribution >= 0.6 is 0 Å². The first-order chi connectivity index (χ1) is 8.33. The third-order valence-corrected chi connectivity index (χ3v) is 3.47. The number of nitrogens with one attached hydrogen (secondary N) is 2. The van der Waals surface area contributed by atoms with Gasteiger partial charge in [0.15, 0.2) is 0 Å². The van der Waals surface area contributed by atoms with Gasteiger partial charge in [0.2, 0.25) is 5.91 Å². The molecule has 2 N–H and O–H groups in total. The number of carbonyl (C=O) groups is 1. The van der Waals surface area contributed by atoms with Crippen molar-refractivity contribution in [3.05, 3.63) is 18.2 Å². The summed E-state index contributed by atoms with van der Waals surface area (Å²) >= 11 is 0. The normalized spacial score (nSPS) is 24.0. The van der Waals surface area contributed by atoms with E-state index in [2.05, 4.69) is 20.2 Å². The zero-order chi connectivity index (χ0) is 11.7. The van der Waals surface area contributed by atoms with Crippen molar-refractivity contribution >= 4 is 5.91 Å². The molecular formula is C12H18N4O. The van der Waals surface area contributed by atoms with Gasteiger partial charge in [-0.25, -0.2) is 4.98 Å². The van der Waals surface area contributed by atoms with Crippen LogP contribution in [0.25, 0.3) is 0 Å². The van der Waals surface area contributed by atoms with E-state index in [4.69, 9.17) is 0 Å². The highest BCUT2D eigenvalue weighted by Crippen LogP contribution is 2.35. The van der Waals surface area contributed by atoms with E-state index in [0.717, 1.165) is 19.5 Å². The summed E-state index contributed by atoms with van der Waals surface area (Å²) in [7, 11) is 0. The zero-order valence-electron chi connectivity index (χ0n) is 9.85. The largest absolute Gasteiger partial charge is 0.352 e. The van der Waals surface area contributed by atoms with Gasteiger partial charge in [-0.3, -0.25) is 4.79 Å². The minimum absolute atomic E-state index is 0.180. The molecule has 1 unspecified atom stereocenters. The Hall–Kier alpha value is -1.36. The number of amides is 1. The van der Waals surface area contributed by atoms with Gasteiger partial charge in [-0.1, -0.05) is 0 Å². The van der Waals surface area contributed by atoms with E-state index in [9.17, 15) is 4.79 Å². The Morgan fingerprint density at radius 3 is 3.06 bits per heavy atom. The molecule has 1 aromatic heterocycles. The van der Waals surface area contributed by atoms with Crippen molar-refractivity contribution in [2.45, 2.75) is 44.3 Å². The minimum atomic E-state index is 0.180. The molecule has 92 valence electrons. The van der Waals surface area contributed by atoms with Crippen LogP contribution in [0.1, 0.15) is 37.4 Å². The van der Waals surface area contributed by atoms with Crippen LogP contribution in [-0.4, -0.2) is 28.0 Å². The number of carbonyl (C=O) groups excluding carboxylic acids is 1. The number of hydrogen-bond donors (Lipinski definition) is 2. The Bertz CT molecular complexity index is 410. The average molecular weight is 234 g/mol. The maximum absolute atomic E-state index is 11.0. The van der Waals surface area contributed by atoms with E-state index in [1.54, 1.807) is 0 Å². The summed E-state index contributed by atoms with van der Waals surface area (Å²) in [5, 5.41) is 6.36. The van der Waals surface area contributed by atoms with E-state index < -0.39 is 0 Å². The molecule has 5 nitrogen and oxygen atoms in total. The fraction of sp³-hybridized carbons (Fsp3) is 0.667. The molecule has 0 bridgehead atoms. The lowest BCUT2D eigenvalue weighted by molar-refractivity contribution is -0.119. The number of imidazole rings is 1. The fourth-order valence-corrected chi connectivity index (χ4v) is 2.36. The Morgan fingerprint density at radius 1 is 1.47 bits per heavy atom. The van der Waals surface area contributed by atoms with Crippen molar-refractivity contribution in [1.82, 2.24) is 20.2 Å². The SMILES string of the molecule is O=C1CCC(CNCc2cncn2C2CC2)N1. The second kappa shape index (κ2) is 4.49. The maximum atomic E-state index is 11.0. The van der Waals surface area contributed by atoms with Crippen molar-refractivity contribution in [3.63, 3.8) is 0 Å². The third-order valence-electron chi connectivity index (χ3n) is 3.47. The van der Waals surface area contributed by atoms with Crippen LogP contribution in [0.5, 0.6) is 0 Å². The molecule has 1 saturated heterocycles. The molecule has 0 spiro atoms. The topological polar surface area (TPSA) is 59.0 Å². The van der Waals surface area contributed by atoms with E-state index in [1.165, 1.54) is 18.5 Å². The first-order valence-electron chi connectivity index (χ1n) is 6.34. The standard InChI is InChI=1S/C12H18N4O/c17-12-4-1-9(15-12)5-13-6-11-7-14-8-16(11)10-2-3-10/h7-10,13H,1-6H2,(H,15,17). The van der Waals surface area contributed by atoms with Gasteiger partial charge in [0.1, 0.15) is 0 Å². The van der Waals surface area contributed by atoms with Crippen molar-refractivity contribution < 1.29 is 4.79 Å². The van der Waals surface area contributed by atoms with Gasteiger partial charge in [0.25, 0.3) is 0 Å². The van der Waals surface area contributed by atoms with Crippen LogP contribution < -0.4 is 10.6 Å². The zero-order valence-corrected chi connectivity index (χ0v) is 9.85. The van der Waals surface area contributed by atoms with Crippen molar-refractivity contribution in [1.29, 1.82) is 0 Å². The first-order valence-corrected chi connectivity index (χ1v) is 6.34. The Balaban J connectivity index is 1.47. The molecule has 1 saturated carbocycles. The van der Waals surface area contributed by atoms with Gasteiger partial charge >= 0.3 is 0 Å². The quantitative estimate of drug-likeness (QED) is 0.783. The summed E-state index contributed by atoms with van der Waals surface area (Å²) < 4.78 is 2.26. The van der Waals surface area contributed by atoms with Crippen LogP contribution in [0.15, 0.2) is 12.5 Å². The minimum Gasteiger partial charge on any atom is -0.352 e. The molecule has 1 amide bonds. The number of aromatic nitrogens is 2. The fourth-order valence-electron chi connectivity index (χ4n) is 2.36. The van der Waals surface area contributed by atoms with Crippen LogP contribution in [0.2, 0.25) is 0 Å². The molecule has 1 atom stereocenters. The third kappa shape index (κ3) is 2.49. The predicted octanol–water partition coefficient (Wildman–Crippen LogP) is 0.586. The van der Waals surface area contributed by atoms with Gasteiger partial charge in [0, 0.05) is 37.8 Å². The molecule has 17 heavy (non-hydrogen) atoms.